The molecule has 1 aliphatic rings. The largest absolute Gasteiger partial charge is 0.481 e. The molecule has 3 unspecified atom stereocenters. The fourth-order valence-electron chi connectivity index (χ4n) is 5.00. The van der Waals surface area contributed by atoms with E-state index in [1.54, 1.807) is 54.6 Å². The van der Waals surface area contributed by atoms with E-state index in [2.05, 4.69) is 10.6 Å². The van der Waals surface area contributed by atoms with Crippen molar-refractivity contribution in [1.82, 2.24) is 20.4 Å². The van der Waals surface area contributed by atoms with Gasteiger partial charge in [0.25, 0.3) is 0 Å². The average molecular weight is 615 g/mol. The van der Waals surface area contributed by atoms with Crippen LogP contribution in [-0.4, -0.2) is 82.2 Å². The molecule has 4 rings (SSSR count). The number of carbonyl (C=O) groups excluding carboxylic acids is 5. The summed E-state index contributed by atoms with van der Waals surface area (Å²) < 4.78 is 5.35. The minimum Gasteiger partial charge on any atom is -0.481 e. The molecule has 1 fully saturated rings. The summed E-state index contributed by atoms with van der Waals surface area (Å²) in [6.45, 7) is -0.796. The normalized spacial score (nSPS) is 17.2. The van der Waals surface area contributed by atoms with Crippen LogP contribution in [0.3, 0.4) is 0 Å². The van der Waals surface area contributed by atoms with Gasteiger partial charge in [-0.3, -0.25) is 19.2 Å². The lowest BCUT2D eigenvalue weighted by Gasteiger charge is -2.31. The predicted octanol–water partition coefficient (Wildman–Crippen LogP) is 1.92. The summed E-state index contributed by atoms with van der Waals surface area (Å²) >= 11 is 0. The van der Waals surface area contributed by atoms with E-state index in [0.29, 0.717) is 0 Å². The van der Waals surface area contributed by atoms with E-state index in [9.17, 15) is 28.8 Å². The Kier molecular flexibility index (Phi) is 11.4. The number of nitrogens with one attached hydrogen (secondary N) is 2. The molecule has 12 heteroatoms. The number of nitrogens with zero attached hydrogens (tertiary/aromatic N) is 2. The molecule has 1 saturated heterocycles. The molecule has 12 nitrogen and oxygen atoms in total. The third kappa shape index (κ3) is 9.48. The molecule has 1 heterocycles. The molecule has 3 N–H and O–H groups in total. The zero-order chi connectivity index (χ0) is 32.2. The van der Waals surface area contributed by atoms with Crippen LogP contribution >= 0.6 is 0 Å². The van der Waals surface area contributed by atoms with Crippen LogP contribution in [0.5, 0.6) is 0 Å². The number of carboxylic acids is 1. The van der Waals surface area contributed by atoms with Gasteiger partial charge in [0, 0.05) is 13.0 Å². The van der Waals surface area contributed by atoms with Gasteiger partial charge in [-0.2, -0.15) is 0 Å². The van der Waals surface area contributed by atoms with Gasteiger partial charge in [-0.25, -0.2) is 4.79 Å². The maximum absolute atomic E-state index is 14.2. The van der Waals surface area contributed by atoms with Crippen molar-refractivity contribution in [3.05, 3.63) is 108 Å². The van der Waals surface area contributed by atoms with Crippen molar-refractivity contribution in [1.29, 1.82) is 0 Å². The number of rotatable bonds is 13. The second kappa shape index (κ2) is 15.8. The average Bonchev–Trinajstić information content (AvgIpc) is 3.12. The molecule has 0 spiro atoms. The Morgan fingerprint density at radius 2 is 1.44 bits per heavy atom. The van der Waals surface area contributed by atoms with Crippen molar-refractivity contribution in [3.63, 3.8) is 0 Å². The lowest BCUT2D eigenvalue weighted by atomic mass is 10.0. The molecule has 3 aromatic rings. The van der Waals surface area contributed by atoms with Crippen molar-refractivity contribution in [2.24, 2.45) is 0 Å². The molecule has 45 heavy (non-hydrogen) atoms. The van der Waals surface area contributed by atoms with Gasteiger partial charge in [-0.1, -0.05) is 91.0 Å². The van der Waals surface area contributed by atoms with Crippen LogP contribution in [0.25, 0.3) is 0 Å². The van der Waals surface area contributed by atoms with E-state index in [0.717, 1.165) is 21.6 Å². The van der Waals surface area contributed by atoms with Gasteiger partial charge in [0.2, 0.25) is 17.7 Å². The van der Waals surface area contributed by atoms with E-state index in [4.69, 9.17) is 9.84 Å². The third-order valence-corrected chi connectivity index (χ3v) is 7.17. The van der Waals surface area contributed by atoms with Crippen LogP contribution in [-0.2, 0) is 48.3 Å². The van der Waals surface area contributed by atoms with E-state index < -0.39 is 60.9 Å². The van der Waals surface area contributed by atoms with Crippen LogP contribution in [0.1, 0.15) is 23.1 Å². The van der Waals surface area contributed by atoms with E-state index in [-0.39, 0.29) is 32.4 Å². The van der Waals surface area contributed by atoms with Crippen LogP contribution < -0.4 is 10.6 Å². The fourth-order valence-corrected chi connectivity index (χ4v) is 5.00. The Bertz CT molecular complexity index is 1490. The van der Waals surface area contributed by atoms with Gasteiger partial charge in [-0.05, 0) is 16.7 Å². The number of carboxylic acid groups (broad SMARTS) is 1. The molecular formula is C33H34N4O8. The van der Waals surface area contributed by atoms with E-state index >= 15 is 0 Å². The first kappa shape index (κ1) is 32.4. The molecule has 0 bridgehead atoms. The molecule has 4 amide bonds. The topological polar surface area (TPSA) is 162 Å². The van der Waals surface area contributed by atoms with Crippen LogP contribution in [0.2, 0.25) is 0 Å². The lowest BCUT2D eigenvalue weighted by molar-refractivity contribution is -0.144. The number of aliphatic carboxylic acids is 1. The monoisotopic (exact) mass is 614 g/mol. The highest BCUT2D eigenvalue weighted by Crippen LogP contribution is 2.20. The molecule has 0 saturated carbocycles. The Hall–Kier alpha value is -5.52. The number of carbonyl (C=O) groups is 6. The van der Waals surface area contributed by atoms with Crippen molar-refractivity contribution < 1.29 is 38.6 Å². The summed E-state index contributed by atoms with van der Waals surface area (Å²) in [7, 11) is 0. The Labute approximate surface area is 260 Å². The number of hydrogen-bond donors (Lipinski definition) is 3. The maximum atomic E-state index is 14.2. The number of alkyl carbamates (subject to hydrolysis) is 1. The lowest BCUT2D eigenvalue weighted by Crippen LogP contribution is -2.56. The first-order chi connectivity index (χ1) is 21.7. The third-order valence-electron chi connectivity index (χ3n) is 7.17. The number of aldehydes is 1. The molecular weight excluding hydrogens is 580 g/mol. The molecule has 1 aliphatic heterocycles. The van der Waals surface area contributed by atoms with Crippen molar-refractivity contribution in [2.45, 2.75) is 44.1 Å². The Balaban J connectivity index is 1.64. The first-order valence-corrected chi connectivity index (χ1v) is 14.3. The Morgan fingerprint density at radius 1 is 0.867 bits per heavy atom. The highest BCUT2D eigenvalue weighted by molar-refractivity contribution is 5.97. The minimum absolute atomic E-state index is 0.0559. The molecule has 0 radical (unpaired) electrons. The second-order valence-corrected chi connectivity index (χ2v) is 10.5. The van der Waals surface area contributed by atoms with Gasteiger partial charge in [-0.15, -0.1) is 0 Å². The minimum atomic E-state index is -1.34. The summed E-state index contributed by atoms with van der Waals surface area (Å²) in [6.07, 6.45) is -1.20. The number of benzene rings is 3. The van der Waals surface area contributed by atoms with E-state index in [1.807, 2.05) is 36.4 Å². The van der Waals surface area contributed by atoms with Gasteiger partial charge in [0.1, 0.15) is 31.5 Å². The standard InChI is InChI=1S/C33H34N4O8/c38-21-26(17-30(40)41)34-29(39)20-37-28(16-23-10-4-1-5-11-23)32(43)36(18-24-12-6-2-7-13-24)19-27(31(37)42)35-33(44)45-22-25-14-8-3-9-15-25/h1-15,21,26-28H,16-20,22H2,(H,34,39)(H,35,44)(H,40,41). The quantitative estimate of drug-likeness (QED) is 0.246. The van der Waals surface area contributed by atoms with Gasteiger partial charge >= 0.3 is 12.1 Å². The number of ether oxygens (including phenoxy) is 1. The second-order valence-electron chi connectivity index (χ2n) is 10.5. The fraction of sp³-hybridized carbons (Fsp3) is 0.273. The van der Waals surface area contributed by atoms with Crippen molar-refractivity contribution in [2.75, 3.05) is 13.1 Å². The molecule has 0 aromatic heterocycles. The van der Waals surface area contributed by atoms with Gasteiger partial charge in [0.05, 0.1) is 19.0 Å². The maximum Gasteiger partial charge on any atom is 0.408 e. The van der Waals surface area contributed by atoms with Gasteiger partial charge in [0.15, 0.2) is 0 Å². The number of hydrogen-bond acceptors (Lipinski definition) is 7. The highest BCUT2D eigenvalue weighted by Gasteiger charge is 2.43. The number of amides is 4. The zero-order valence-electron chi connectivity index (χ0n) is 24.4. The summed E-state index contributed by atoms with van der Waals surface area (Å²) in [6, 6.07) is 23.2. The highest BCUT2D eigenvalue weighted by atomic mass is 16.5. The van der Waals surface area contributed by atoms with Crippen LogP contribution in [0.4, 0.5) is 4.79 Å². The molecule has 3 atom stereocenters. The van der Waals surface area contributed by atoms with Crippen LogP contribution in [0.15, 0.2) is 91.0 Å². The summed E-state index contributed by atoms with van der Waals surface area (Å²) in [5, 5.41) is 14.0. The first-order valence-electron chi connectivity index (χ1n) is 14.3. The van der Waals surface area contributed by atoms with E-state index in [1.165, 1.54) is 4.90 Å². The van der Waals surface area contributed by atoms with Crippen LogP contribution in [0, 0.1) is 0 Å². The zero-order valence-corrected chi connectivity index (χ0v) is 24.4. The Morgan fingerprint density at radius 3 is 2.02 bits per heavy atom. The molecule has 0 aliphatic carbocycles. The summed E-state index contributed by atoms with van der Waals surface area (Å²) in [5.41, 5.74) is 2.24. The molecule has 3 aromatic carbocycles. The van der Waals surface area contributed by atoms with Crippen molar-refractivity contribution in [3.8, 4) is 0 Å². The molecule has 234 valence electrons. The van der Waals surface area contributed by atoms with Crippen molar-refractivity contribution >= 4 is 36.1 Å². The predicted molar refractivity (Wildman–Crippen MR) is 161 cm³/mol. The SMILES string of the molecule is O=CC(CC(=O)O)NC(=O)CN1C(=O)C(NC(=O)OCc2ccccc2)CN(Cc2ccccc2)C(=O)C1Cc1ccccc1. The smallest absolute Gasteiger partial charge is 0.408 e. The summed E-state index contributed by atoms with van der Waals surface area (Å²) in [4.78, 5) is 79.3. The summed E-state index contributed by atoms with van der Waals surface area (Å²) in [5.74, 6) is -3.31. The van der Waals surface area contributed by atoms with Gasteiger partial charge < -0.3 is 35.1 Å².